The molecular weight excluding hydrogens is 330 g/mol. The number of imidazole rings is 1. The molecule has 5 heteroatoms. The number of nitrogens with zero attached hydrogens (tertiary/aromatic N) is 1. The smallest absolute Gasteiger partial charge is 0.251 e. The van der Waals surface area contributed by atoms with Crippen molar-refractivity contribution in [3.05, 3.63) is 78.1 Å². The normalized spacial score (nSPS) is 10.6. The van der Waals surface area contributed by atoms with E-state index in [1.54, 1.807) is 12.4 Å². The third-order valence-electron chi connectivity index (χ3n) is 3.76. The Morgan fingerprint density at radius 1 is 1.12 bits per heavy atom. The fraction of sp³-hybridized carbons (Fsp3) is 0.200. The molecule has 0 fully saturated rings. The highest BCUT2D eigenvalue weighted by Gasteiger charge is 2.07. The lowest BCUT2D eigenvalue weighted by atomic mass is 10.1. The fourth-order valence-electron chi connectivity index (χ4n) is 2.47. The van der Waals surface area contributed by atoms with E-state index in [-0.39, 0.29) is 5.91 Å². The van der Waals surface area contributed by atoms with Crippen LogP contribution in [0.25, 0.3) is 11.4 Å². The average molecular weight is 351 g/mol. The maximum atomic E-state index is 12.3. The minimum Gasteiger partial charge on any atom is -0.352 e. The Labute approximate surface area is 152 Å². The van der Waals surface area contributed by atoms with Crippen molar-refractivity contribution in [2.45, 2.75) is 12.2 Å². The molecule has 0 aliphatic heterocycles. The molecule has 2 N–H and O–H groups in total. The molecule has 4 nitrogen and oxygen atoms in total. The van der Waals surface area contributed by atoms with E-state index in [0.29, 0.717) is 12.1 Å². The molecule has 0 atom stereocenters. The molecule has 3 rings (SSSR count). The van der Waals surface area contributed by atoms with Crippen molar-refractivity contribution >= 4 is 17.7 Å². The number of H-pyrrole nitrogens is 1. The van der Waals surface area contributed by atoms with Gasteiger partial charge in [-0.05, 0) is 29.9 Å². The molecule has 0 bridgehead atoms. The minimum absolute atomic E-state index is 0.0403. The maximum Gasteiger partial charge on any atom is 0.251 e. The molecule has 0 unspecified atom stereocenters. The Bertz CT molecular complexity index is 788. The zero-order chi connectivity index (χ0) is 17.3. The molecule has 0 saturated heterocycles. The van der Waals surface area contributed by atoms with E-state index in [1.165, 1.54) is 5.56 Å². The van der Waals surface area contributed by atoms with E-state index in [2.05, 4.69) is 39.6 Å². The first-order chi connectivity index (χ1) is 12.3. The number of aromatic amines is 1. The second-order valence-corrected chi connectivity index (χ2v) is 6.77. The van der Waals surface area contributed by atoms with Crippen LogP contribution in [0.5, 0.6) is 0 Å². The second kappa shape index (κ2) is 9.08. The number of carbonyl (C=O) groups is 1. The number of benzene rings is 2. The first kappa shape index (κ1) is 17.3. The summed E-state index contributed by atoms with van der Waals surface area (Å²) >= 11 is 1.89. The lowest BCUT2D eigenvalue weighted by molar-refractivity contribution is 0.0954. The van der Waals surface area contributed by atoms with Crippen molar-refractivity contribution in [3.8, 4) is 11.4 Å². The van der Waals surface area contributed by atoms with Gasteiger partial charge in [-0.3, -0.25) is 4.79 Å². The molecule has 2 aromatic carbocycles. The molecule has 1 amide bonds. The van der Waals surface area contributed by atoms with Crippen molar-refractivity contribution in [1.82, 2.24) is 15.3 Å². The summed E-state index contributed by atoms with van der Waals surface area (Å²) in [5.41, 5.74) is 2.91. The standard InChI is InChI=1S/C20H21N3OS/c24-20(18-9-4-8-17(14-18)19-21-11-12-22-19)23-10-5-13-25-15-16-6-2-1-3-7-16/h1-4,6-9,11-12,14H,5,10,13,15H2,(H,21,22)(H,23,24). The molecule has 25 heavy (non-hydrogen) atoms. The van der Waals surface area contributed by atoms with Crippen molar-refractivity contribution in [2.24, 2.45) is 0 Å². The van der Waals surface area contributed by atoms with Crippen molar-refractivity contribution in [3.63, 3.8) is 0 Å². The van der Waals surface area contributed by atoms with Crippen LogP contribution in [-0.4, -0.2) is 28.2 Å². The first-order valence-corrected chi connectivity index (χ1v) is 9.48. The summed E-state index contributed by atoms with van der Waals surface area (Å²) in [5.74, 6) is 2.77. The van der Waals surface area contributed by atoms with Crippen LogP contribution in [0.4, 0.5) is 0 Å². The number of hydrogen-bond donors (Lipinski definition) is 2. The predicted molar refractivity (Wildman–Crippen MR) is 104 cm³/mol. The fourth-order valence-corrected chi connectivity index (χ4v) is 3.39. The highest BCUT2D eigenvalue weighted by Crippen LogP contribution is 2.16. The van der Waals surface area contributed by atoms with E-state index >= 15 is 0 Å². The Morgan fingerprint density at radius 2 is 2.00 bits per heavy atom. The van der Waals surface area contributed by atoms with Gasteiger partial charge in [0, 0.05) is 35.8 Å². The van der Waals surface area contributed by atoms with Gasteiger partial charge in [0.15, 0.2) is 0 Å². The Kier molecular flexibility index (Phi) is 6.29. The van der Waals surface area contributed by atoms with Crippen LogP contribution in [0.1, 0.15) is 22.3 Å². The number of aromatic nitrogens is 2. The molecule has 0 aliphatic carbocycles. The Hall–Kier alpha value is -2.53. The van der Waals surface area contributed by atoms with E-state index in [4.69, 9.17) is 0 Å². The number of thioether (sulfide) groups is 1. The summed E-state index contributed by atoms with van der Waals surface area (Å²) in [6, 6.07) is 17.9. The molecular formula is C20H21N3OS. The van der Waals surface area contributed by atoms with Gasteiger partial charge in [0.05, 0.1) is 0 Å². The van der Waals surface area contributed by atoms with Gasteiger partial charge < -0.3 is 10.3 Å². The van der Waals surface area contributed by atoms with Crippen molar-refractivity contribution in [1.29, 1.82) is 0 Å². The molecule has 128 valence electrons. The van der Waals surface area contributed by atoms with Crippen molar-refractivity contribution < 1.29 is 4.79 Å². The number of hydrogen-bond acceptors (Lipinski definition) is 3. The number of nitrogens with one attached hydrogen (secondary N) is 2. The minimum atomic E-state index is -0.0403. The van der Waals surface area contributed by atoms with Gasteiger partial charge in [0.25, 0.3) is 5.91 Å². The van der Waals surface area contributed by atoms with E-state index in [9.17, 15) is 4.79 Å². The van der Waals surface area contributed by atoms with Gasteiger partial charge in [-0.2, -0.15) is 11.8 Å². The van der Waals surface area contributed by atoms with Crippen LogP contribution >= 0.6 is 11.8 Å². The van der Waals surface area contributed by atoms with Crippen molar-refractivity contribution in [2.75, 3.05) is 12.3 Å². The summed E-state index contributed by atoms with van der Waals surface area (Å²) in [6.45, 7) is 0.686. The molecule has 1 aromatic heterocycles. The van der Waals surface area contributed by atoms with E-state index < -0.39 is 0 Å². The molecule has 0 radical (unpaired) electrons. The van der Waals surface area contributed by atoms with E-state index in [0.717, 1.165) is 29.3 Å². The quantitative estimate of drug-likeness (QED) is 0.600. The highest BCUT2D eigenvalue weighted by molar-refractivity contribution is 7.98. The van der Waals surface area contributed by atoms with Gasteiger partial charge in [-0.15, -0.1) is 0 Å². The number of carbonyl (C=O) groups excluding carboxylic acids is 1. The van der Waals surface area contributed by atoms with Gasteiger partial charge in [-0.1, -0.05) is 42.5 Å². The van der Waals surface area contributed by atoms with Gasteiger partial charge in [-0.25, -0.2) is 4.98 Å². The van der Waals surface area contributed by atoms with Crippen LogP contribution in [0.3, 0.4) is 0 Å². The lowest BCUT2D eigenvalue weighted by Gasteiger charge is -2.06. The topological polar surface area (TPSA) is 57.8 Å². The third-order valence-corrected chi connectivity index (χ3v) is 4.87. The Morgan fingerprint density at radius 3 is 2.80 bits per heavy atom. The summed E-state index contributed by atoms with van der Waals surface area (Å²) < 4.78 is 0. The predicted octanol–water partition coefficient (Wildman–Crippen LogP) is 4.13. The zero-order valence-electron chi connectivity index (χ0n) is 13.9. The first-order valence-electron chi connectivity index (χ1n) is 8.32. The molecule has 3 aromatic rings. The maximum absolute atomic E-state index is 12.3. The van der Waals surface area contributed by atoms with Crippen LogP contribution < -0.4 is 5.32 Å². The summed E-state index contributed by atoms with van der Waals surface area (Å²) in [5, 5.41) is 2.99. The monoisotopic (exact) mass is 351 g/mol. The lowest BCUT2D eigenvalue weighted by Crippen LogP contribution is -2.24. The molecule has 0 saturated carbocycles. The third kappa shape index (κ3) is 5.22. The van der Waals surface area contributed by atoms with Crippen LogP contribution in [0, 0.1) is 0 Å². The molecule has 0 spiro atoms. The molecule has 1 heterocycles. The Balaban J connectivity index is 1.40. The van der Waals surface area contributed by atoms with E-state index in [1.807, 2.05) is 42.1 Å². The summed E-state index contributed by atoms with van der Waals surface area (Å²) in [7, 11) is 0. The average Bonchev–Trinajstić information content (AvgIpc) is 3.20. The molecule has 0 aliphatic rings. The summed E-state index contributed by atoms with van der Waals surface area (Å²) in [4.78, 5) is 19.5. The van der Waals surface area contributed by atoms with Crippen LogP contribution in [0.15, 0.2) is 67.0 Å². The van der Waals surface area contributed by atoms with Gasteiger partial charge in [0.1, 0.15) is 5.82 Å². The summed E-state index contributed by atoms with van der Waals surface area (Å²) in [6.07, 6.45) is 4.44. The SMILES string of the molecule is O=C(NCCCSCc1ccccc1)c1cccc(-c2ncc[nH]2)c1. The largest absolute Gasteiger partial charge is 0.352 e. The second-order valence-electron chi connectivity index (χ2n) is 5.67. The number of rotatable bonds is 8. The highest BCUT2D eigenvalue weighted by atomic mass is 32.2. The van der Waals surface area contributed by atoms with Gasteiger partial charge in [0.2, 0.25) is 0 Å². The number of amides is 1. The van der Waals surface area contributed by atoms with Gasteiger partial charge >= 0.3 is 0 Å². The zero-order valence-corrected chi connectivity index (χ0v) is 14.8. The van der Waals surface area contributed by atoms with Crippen LogP contribution in [-0.2, 0) is 5.75 Å². The van der Waals surface area contributed by atoms with Crippen LogP contribution in [0.2, 0.25) is 0 Å².